The van der Waals surface area contributed by atoms with Gasteiger partial charge in [0.25, 0.3) is 5.91 Å². The first kappa shape index (κ1) is 18.5. The highest BCUT2D eigenvalue weighted by atomic mass is 16.2. The zero-order chi connectivity index (χ0) is 20.5. The van der Waals surface area contributed by atoms with Gasteiger partial charge in [-0.15, -0.1) is 0 Å². The SMILES string of the molecule is C=CC(=O)Nc1cccc(-n2cc(-c3ccc4c(c3)CCN(C)C4=O)c(N)n2)c1. The van der Waals surface area contributed by atoms with Gasteiger partial charge in [-0.25, -0.2) is 4.68 Å². The van der Waals surface area contributed by atoms with E-state index in [1.165, 1.54) is 6.08 Å². The summed E-state index contributed by atoms with van der Waals surface area (Å²) in [6.45, 7) is 4.16. The molecule has 3 aromatic rings. The fraction of sp³-hybridized carbons (Fsp3) is 0.136. The van der Waals surface area contributed by atoms with Crippen LogP contribution in [0.2, 0.25) is 0 Å². The molecule has 0 radical (unpaired) electrons. The average Bonchev–Trinajstić information content (AvgIpc) is 3.12. The van der Waals surface area contributed by atoms with E-state index in [1.807, 2.05) is 43.6 Å². The Balaban J connectivity index is 1.67. The molecule has 0 aliphatic carbocycles. The highest BCUT2D eigenvalue weighted by molar-refractivity contribution is 5.99. The number of aromatic nitrogens is 2. The lowest BCUT2D eigenvalue weighted by molar-refractivity contribution is -0.111. The van der Waals surface area contributed by atoms with E-state index in [9.17, 15) is 9.59 Å². The van der Waals surface area contributed by atoms with Gasteiger partial charge in [-0.05, 0) is 47.9 Å². The molecule has 3 N–H and O–H groups in total. The molecule has 0 saturated carbocycles. The third-order valence-electron chi connectivity index (χ3n) is 5.02. The Kier molecular flexibility index (Phi) is 4.64. The van der Waals surface area contributed by atoms with Crippen LogP contribution in [0.1, 0.15) is 15.9 Å². The number of amides is 2. The number of carbonyl (C=O) groups is 2. The van der Waals surface area contributed by atoms with Gasteiger partial charge >= 0.3 is 0 Å². The maximum absolute atomic E-state index is 12.3. The van der Waals surface area contributed by atoms with Gasteiger partial charge in [0.1, 0.15) is 0 Å². The second-order valence-corrected chi connectivity index (χ2v) is 6.96. The van der Waals surface area contributed by atoms with Crippen LogP contribution in [0.3, 0.4) is 0 Å². The van der Waals surface area contributed by atoms with Gasteiger partial charge in [-0.1, -0.05) is 24.8 Å². The van der Waals surface area contributed by atoms with Crippen LogP contribution in [-0.2, 0) is 11.2 Å². The minimum Gasteiger partial charge on any atom is -0.382 e. The number of hydrogen-bond acceptors (Lipinski definition) is 4. The van der Waals surface area contributed by atoms with E-state index < -0.39 is 0 Å². The largest absolute Gasteiger partial charge is 0.382 e. The Morgan fingerprint density at radius 3 is 2.86 bits per heavy atom. The Labute approximate surface area is 168 Å². The standard InChI is InChI=1S/C22H21N5O2/c1-3-20(28)24-16-5-4-6-17(12-16)27-13-19(21(23)25-27)14-7-8-18-15(11-14)9-10-26(2)22(18)29/h3-8,11-13H,1,9-10H2,2H3,(H2,23,25)(H,24,28). The summed E-state index contributed by atoms with van der Waals surface area (Å²) >= 11 is 0. The average molecular weight is 387 g/mol. The lowest BCUT2D eigenvalue weighted by atomic mass is 9.95. The molecule has 1 aromatic heterocycles. The van der Waals surface area contributed by atoms with E-state index in [0.29, 0.717) is 18.1 Å². The summed E-state index contributed by atoms with van der Waals surface area (Å²) in [5, 5.41) is 7.15. The quantitative estimate of drug-likeness (QED) is 0.673. The van der Waals surface area contributed by atoms with Gasteiger partial charge < -0.3 is 16.0 Å². The smallest absolute Gasteiger partial charge is 0.253 e. The molecule has 0 atom stereocenters. The summed E-state index contributed by atoms with van der Waals surface area (Å²) < 4.78 is 1.67. The van der Waals surface area contributed by atoms with Gasteiger partial charge in [0.2, 0.25) is 5.91 Å². The lowest BCUT2D eigenvalue weighted by Gasteiger charge is -2.25. The van der Waals surface area contributed by atoms with Gasteiger partial charge in [0.15, 0.2) is 5.82 Å². The van der Waals surface area contributed by atoms with Crippen molar-refractivity contribution >= 4 is 23.3 Å². The van der Waals surface area contributed by atoms with Crippen molar-refractivity contribution in [1.29, 1.82) is 0 Å². The highest BCUT2D eigenvalue weighted by Crippen LogP contribution is 2.30. The third kappa shape index (κ3) is 3.50. The summed E-state index contributed by atoms with van der Waals surface area (Å²) in [5.74, 6) is 0.154. The Morgan fingerprint density at radius 1 is 1.24 bits per heavy atom. The zero-order valence-electron chi connectivity index (χ0n) is 16.1. The molecule has 2 heterocycles. The van der Waals surface area contributed by atoms with Crippen LogP contribution >= 0.6 is 0 Å². The summed E-state index contributed by atoms with van der Waals surface area (Å²) in [6, 6.07) is 13.1. The Morgan fingerprint density at radius 2 is 2.07 bits per heavy atom. The Bertz CT molecular complexity index is 1130. The summed E-state index contributed by atoms with van der Waals surface area (Å²) in [7, 11) is 1.81. The second kappa shape index (κ2) is 7.27. The minimum atomic E-state index is -0.280. The molecule has 7 heteroatoms. The number of fused-ring (bicyclic) bond motifs is 1. The maximum Gasteiger partial charge on any atom is 0.253 e. The number of anilines is 2. The van der Waals surface area contributed by atoms with Crippen LogP contribution in [0.25, 0.3) is 16.8 Å². The number of benzene rings is 2. The van der Waals surface area contributed by atoms with E-state index in [2.05, 4.69) is 17.0 Å². The summed E-state index contributed by atoms with van der Waals surface area (Å²) in [5.41, 5.74) is 11.1. The van der Waals surface area contributed by atoms with Gasteiger partial charge in [-0.2, -0.15) is 5.10 Å². The zero-order valence-corrected chi connectivity index (χ0v) is 16.1. The maximum atomic E-state index is 12.3. The number of likely N-dealkylation sites (N-methyl/N-ethyl adjacent to an activating group) is 1. The number of nitrogens with zero attached hydrogens (tertiary/aromatic N) is 3. The number of nitrogens with two attached hydrogens (primary N) is 1. The van der Waals surface area contributed by atoms with Crippen molar-refractivity contribution in [2.75, 3.05) is 24.6 Å². The molecule has 0 saturated heterocycles. The molecule has 2 aromatic carbocycles. The molecular weight excluding hydrogens is 366 g/mol. The molecule has 4 rings (SSSR count). The number of hydrogen-bond donors (Lipinski definition) is 2. The first-order chi connectivity index (χ1) is 14.0. The normalized spacial score (nSPS) is 13.1. The monoisotopic (exact) mass is 387 g/mol. The van der Waals surface area contributed by atoms with Crippen molar-refractivity contribution in [2.24, 2.45) is 0 Å². The van der Waals surface area contributed by atoms with Gasteiger partial charge in [0, 0.05) is 36.6 Å². The van der Waals surface area contributed by atoms with Gasteiger partial charge in [0.05, 0.1) is 5.69 Å². The van der Waals surface area contributed by atoms with Crippen LogP contribution < -0.4 is 11.1 Å². The van der Waals surface area contributed by atoms with Crippen LogP contribution in [0.4, 0.5) is 11.5 Å². The Hall–Kier alpha value is -3.87. The summed E-state index contributed by atoms with van der Waals surface area (Å²) in [4.78, 5) is 25.6. The lowest BCUT2D eigenvalue weighted by Crippen LogP contribution is -2.34. The van der Waals surface area contributed by atoms with E-state index >= 15 is 0 Å². The van der Waals surface area contributed by atoms with Crippen molar-refractivity contribution in [3.8, 4) is 16.8 Å². The van der Waals surface area contributed by atoms with Crippen molar-refractivity contribution in [1.82, 2.24) is 14.7 Å². The molecule has 0 spiro atoms. The molecule has 0 bridgehead atoms. The van der Waals surface area contributed by atoms with Crippen LogP contribution in [0, 0.1) is 0 Å². The number of nitrogens with one attached hydrogen (secondary N) is 1. The molecule has 146 valence electrons. The predicted molar refractivity (Wildman–Crippen MR) is 113 cm³/mol. The third-order valence-corrected chi connectivity index (χ3v) is 5.02. The molecule has 2 amide bonds. The minimum absolute atomic E-state index is 0.0415. The fourth-order valence-corrected chi connectivity index (χ4v) is 3.43. The summed E-state index contributed by atoms with van der Waals surface area (Å²) in [6.07, 6.45) is 3.88. The molecule has 1 aliphatic rings. The predicted octanol–water partition coefficient (Wildman–Crippen LogP) is 2.87. The molecular formula is C22H21N5O2. The van der Waals surface area contributed by atoms with Crippen molar-refractivity contribution in [3.63, 3.8) is 0 Å². The molecule has 0 unspecified atom stereocenters. The number of rotatable bonds is 4. The van der Waals surface area contributed by atoms with Crippen LogP contribution in [-0.4, -0.2) is 40.1 Å². The van der Waals surface area contributed by atoms with Crippen LogP contribution in [0.5, 0.6) is 0 Å². The highest BCUT2D eigenvalue weighted by Gasteiger charge is 2.22. The van der Waals surface area contributed by atoms with E-state index in [0.717, 1.165) is 34.4 Å². The molecule has 0 fully saturated rings. The van der Waals surface area contributed by atoms with E-state index in [4.69, 9.17) is 5.73 Å². The second-order valence-electron chi connectivity index (χ2n) is 6.96. The van der Waals surface area contributed by atoms with Gasteiger partial charge in [-0.3, -0.25) is 9.59 Å². The first-order valence-electron chi connectivity index (χ1n) is 9.24. The van der Waals surface area contributed by atoms with E-state index in [-0.39, 0.29) is 11.8 Å². The fourth-order valence-electron chi connectivity index (χ4n) is 3.43. The van der Waals surface area contributed by atoms with Crippen molar-refractivity contribution < 1.29 is 9.59 Å². The topological polar surface area (TPSA) is 93.2 Å². The van der Waals surface area contributed by atoms with Crippen molar-refractivity contribution in [2.45, 2.75) is 6.42 Å². The molecule has 7 nitrogen and oxygen atoms in total. The molecule has 29 heavy (non-hydrogen) atoms. The first-order valence-corrected chi connectivity index (χ1v) is 9.24. The molecule has 1 aliphatic heterocycles. The van der Waals surface area contributed by atoms with Crippen LogP contribution in [0.15, 0.2) is 61.3 Å². The van der Waals surface area contributed by atoms with Crippen molar-refractivity contribution in [3.05, 3.63) is 72.4 Å². The number of carbonyl (C=O) groups excluding carboxylic acids is 2. The van der Waals surface area contributed by atoms with E-state index in [1.54, 1.807) is 21.7 Å². The number of nitrogen functional groups attached to an aromatic ring is 1.